The number of hydrogen-bond acceptors (Lipinski definition) is 2. The highest BCUT2D eigenvalue weighted by atomic mass is 32.2. The van der Waals surface area contributed by atoms with Crippen LogP contribution in [-0.4, -0.2) is 19.0 Å². The van der Waals surface area contributed by atoms with Crippen molar-refractivity contribution in [1.82, 2.24) is 0 Å². The molecule has 0 radical (unpaired) electrons. The first-order chi connectivity index (χ1) is 6.99. The second kappa shape index (κ2) is 4.90. The lowest BCUT2D eigenvalue weighted by Gasteiger charge is -2.19. The number of thioether (sulfide) groups is 1. The van der Waals surface area contributed by atoms with Crippen molar-refractivity contribution in [2.45, 2.75) is 17.0 Å². The van der Waals surface area contributed by atoms with Crippen LogP contribution >= 0.6 is 11.8 Å². The lowest BCUT2D eigenvalue weighted by atomic mass is 9.99. The summed E-state index contributed by atoms with van der Waals surface area (Å²) in [7, 11) is 0. The number of halogens is 3. The minimum absolute atomic E-state index is 0.233. The summed E-state index contributed by atoms with van der Waals surface area (Å²) in [4.78, 5) is 0.815. The van der Waals surface area contributed by atoms with Crippen LogP contribution in [0.2, 0.25) is 0 Å². The summed E-state index contributed by atoms with van der Waals surface area (Å²) in [6.45, 7) is -0.415. The lowest BCUT2D eigenvalue weighted by Crippen LogP contribution is -2.27. The molecule has 1 rings (SSSR count). The number of hydrogen-bond donors (Lipinski definition) is 1. The molecule has 0 saturated heterocycles. The monoisotopic (exact) mass is 235 g/mol. The molecule has 15 heavy (non-hydrogen) atoms. The van der Waals surface area contributed by atoms with Crippen molar-refractivity contribution in [3.05, 3.63) is 29.8 Å². The van der Waals surface area contributed by atoms with Crippen LogP contribution in [0, 0.1) is 0 Å². The predicted molar refractivity (Wildman–Crippen MR) is 56.1 cm³/mol. The summed E-state index contributed by atoms with van der Waals surface area (Å²) in [6, 6.07) is 6.40. The Bertz CT molecular complexity index is 325. The Labute approximate surface area is 90.9 Å². The Hall–Kier alpha value is -0.680. The Morgan fingerprint density at radius 2 is 2.07 bits per heavy atom. The van der Waals surface area contributed by atoms with E-state index in [0.717, 1.165) is 4.90 Å². The van der Waals surface area contributed by atoms with Gasteiger partial charge in [0.15, 0.2) is 0 Å². The van der Waals surface area contributed by atoms with E-state index in [1.54, 1.807) is 12.1 Å². The van der Waals surface area contributed by atoms with Gasteiger partial charge in [0.25, 0.3) is 0 Å². The van der Waals surface area contributed by atoms with Gasteiger partial charge in [0.1, 0.15) is 0 Å². The zero-order chi connectivity index (χ0) is 11.5. The molecule has 0 amide bonds. The van der Waals surface area contributed by atoms with E-state index < -0.39 is 18.6 Å². The van der Waals surface area contributed by atoms with E-state index in [-0.39, 0.29) is 5.56 Å². The van der Waals surface area contributed by atoms with E-state index >= 15 is 0 Å². The molecule has 0 aliphatic carbocycles. The molecule has 2 N–H and O–H groups in total. The molecule has 1 nitrogen and oxygen atoms in total. The van der Waals surface area contributed by atoms with Gasteiger partial charge >= 0.3 is 6.18 Å². The second-order valence-electron chi connectivity index (χ2n) is 3.11. The van der Waals surface area contributed by atoms with E-state index in [4.69, 9.17) is 5.73 Å². The highest BCUT2D eigenvalue weighted by molar-refractivity contribution is 7.98. The van der Waals surface area contributed by atoms with Crippen LogP contribution in [0.3, 0.4) is 0 Å². The standard InChI is InChI=1S/C10H12F3NS/c1-15-8-4-2-3-7(5-8)9(6-14)10(11,12)13/h2-5,9H,6,14H2,1H3. The fourth-order valence-electron chi connectivity index (χ4n) is 1.32. The summed E-state index contributed by atoms with van der Waals surface area (Å²) in [5.74, 6) is -1.57. The fraction of sp³-hybridized carbons (Fsp3) is 0.400. The minimum atomic E-state index is -4.27. The Morgan fingerprint density at radius 1 is 1.40 bits per heavy atom. The molecule has 0 spiro atoms. The van der Waals surface area contributed by atoms with Crippen LogP contribution in [0.1, 0.15) is 11.5 Å². The van der Waals surface area contributed by atoms with Gasteiger partial charge in [-0.3, -0.25) is 0 Å². The highest BCUT2D eigenvalue weighted by Gasteiger charge is 2.39. The molecular formula is C10H12F3NS. The molecule has 0 aliphatic heterocycles. The molecule has 0 aromatic heterocycles. The van der Waals surface area contributed by atoms with Crippen LogP contribution < -0.4 is 5.73 Å². The second-order valence-corrected chi connectivity index (χ2v) is 3.99. The van der Waals surface area contributed by atoms with Gasteiger partial charge in [0.2, 0.25) is 0 Å². The molecule has 0 aliphatic rings. The van der Waals surface area contributed by atoms with E-state index in [1.165, 1.54) is 23.9 Å². The van der Waals surface area contributed by atoms with E-state index in [9.17, 15) is 13.2 Å². The first kappa shape index (κ1) is 12.4. The van der Waals surface area contributed by atoms with Crippen molar-refractivity contribution in [2.75, 3.05) is 12.8 Å². The molecular weight excluding hydrogens is 223 g/mol. The van der Waals surface area contributed by atoms with Crippen LogP contribution in [-0.2, 0) is 0 Å². The fourth-order valence-corrected chi connectivity index (χ4v) is 1.79. The first-order valence-corrected chi connectivity index (χ1v) is 5.62. The molecule has 1 aromatic carbocycles. The van der Waals surface area contributed by atoms with Crippen LogP contribution in [0.25, 0.3) is 0 Å². The summed E-state index contributed by atoms with van der Waals surface area (Å²) in [5, 5.41) is 0. The van der Waals surface area contributed by atoms with Crippen LogP contribution in [0.4, 0.5) is 13.2 Å². The van der Waals surface area contributed by atoms with Gasteiger partial charge in [-0.25, -0.2) is 0 Å². The average Bonchev–Trinajstić information content (AvgIpc) is 2.17. The molecule has 5 heteroatoms. The minimum Gasteiger partial charge on any atom is -0.330 e. The van der Waals surface area contributed by atoms with Gasteiger partial charge < -0.3 is 5.73 Å². The molecule has 0 heterocycles. The third-order valence-electron chi connectivity index (χ3n) is 2.13. The predicted octanol–water partition coefficient (Wildman–Crippen LogP) is 3.01. The number of rotatable bonds is 3. The first-order valence-electron chi connectivity index (χ1n) is 4.39. The number of alkyl halides is 3. The third-order valence-corrected chi connectivity index (χ3v) is 2.85. The number of nitrogens with two attached hydrogens (primary N) is 1. The Kier molecular flexibility index (Phi) is 4.04. The maximum absolute atomic E-state index is 12.6. The van der Waals surface area contributed by atoms with Crippen molar-refractivity contribution < 1.29 is 13.2 Å². The van der Waals surface area contributed by atoms with Crippen molar-refractivity contribution in [3.8, 4) is 0 Å². The quantitative estimate of drug-likeness (QED) is 0.815. The maximum atomic E-state index is 12.6. The van der Waals surface area contributed by atoms with Gasteiger partial charge in [-0.1, -0.05) is 12.1 Å². The number of benzene rings is 1. The van der Waals surface area contributed by atoms with Gasteiger partial charge in [-0.05, 0) is 24.0 Å². The summed E-state index contributed by atoms with van der Waals surface area (Å²) >= 11 is 1.41. The normalized spacial score (nSPS) is 13.9. The molecule has 1 unspecified atom stereocenters. The Morgan fingerprint density at radius 3 is 2.53 bits per heavy atom. The molecule has 1 aromatic rings. The van der Waals surface area contributed by atoms with E-state index in [2.05, 4.69) is 0 Å². The average molecular weight is 235 g/mol. The van der Waals surface area contributed by atoms with Crippen molar-refractivity contribution in [2.24, 2.45) is 5.73 Å². The highest BCUT2D eigenvalue weighted by Crippen LogP contribution is 2.34. The molecule has 0 saturated carbocycles. The van der Waals surface area contributed by atoms with Gasteiger partial charge in [0, 0.05) is 11.4 Å². The van der Waals surface area contributed by atoms with Crippen molar-refractivity contribution in [1.29, 1.82) is 0 Å². The summed E-state index contributed by atoms with van der Waals surface area (Å²) in [6.07, 6.45) is -2.45. The lowest BCUT2D eigenvalue weighted by molar-refractivity contribution is -0.148. The SMILES string of the molecule is CSc1cccc(C(CN)C(F)(F)F)c1. The zero-order valence-corrected chi connectivity index (χ0v) is 9.03. The van der Waals surface area contributed by atoms with Gasteiger partial charge in [-0.2, -0.15) is 13.2 Å². The topological polar surface area (TPSA) is 26.0 Å². The Balaban J connectivity index is 3.02. The molecule has 1 atom stereocenters. The molecule has 84 valence electrons. The van der Waals surface area contributed by atoms with E-state index in [1.807, 2.05) is 6.26 Å². The third kappa shape index (κ3) is 3.14. The van der Waals surface area contributed by atoms with Crippen LogP contribution in [0.5, 0.6) is 0 Å². The van der Waals surface area contributed by atoms with E-state index in [0.29, 0.717) is 0 Å². The van der Waals surface area contributed by atoms with Gasteiger partial charge in [0.05, 0.1) is 5.92 Å². The maximum Gasteiger partial charge on any atom is 0.396 e. The molecule has 0 bridgehead atoms. The van der Waals surface area contributed by atoms with Crippen molar-refractivity contribution >= 4 is 11.8 Å². The molecule has 0 fully saturated rings. The van der Waals surface area contributed by atoms with Crippen LogP contribution in [0.15, 0.2) is 29.2 Å². The largest absolute Gasteiger partial charge is 0.396 e. The summed E-state index contributed by atoms with van der Waals surface area (Å²) < 4.78 is 37.7. The smallest absolute Gasteiger partial charge is 0.330 e. The summed E-state index contributed by atoms with van der Waals surface area (Å²) in [5.41, 5.74) is 5.39. The zero-order valence-electron chi connectivity index (χ0n) is 8.21. The van der Waals surface area contributed by atoms with Gasteiger partial charge in [-0.15, -0.1) is 11.8 Å². The van der Waals surface area contributed by atoms with Crippen molar-refractivity contribution in [3.63, 3.8) is 0 Å².